The highest BCUT2D eigenvalue weighted by Crippen LogP contribution is 2.37. The first-order valence-electron chi connectivity index (χ1n) is 11.8. The number of hydrogen-bond donors (Lipinski definition) is 3. The third kappa shape index (κ3) is 7.60. The maximum Gasteiger partial charge on any atom is 0.408 e. The van der Waals surface area contributed by atoms with Gasteiger partial charge in [0.05, 0.1) is 7.11 Å². The molecule has 3 amide bonds. The van der Waals surface area contributed by atoms with Crippen LogP contribution in [0.15, 0.2) is 24.3 Å². The topological polar surface area (TPSA) is 134 Å². The number of alkyl carbamates (subject to hydrolysis) is 1. The smallest absolute Gasteiger partial charge is 0.408 e. The number of carbonyl (C=O) groups is 4. The Hall–Kier alpha value is -3.30. The van der Waals surface area contributed by atoms with Gasteiger partial charge in [0, 0.05) is 11.6 Å². The Morgan fingerprint density at radius 1 is 1.14 bits per heavy atom. The van der Waals surface area contributed by atoms with Crippen LogP contribution in [0.1, 0.15) is 65.5 Å². The van der Waals surface area contributed by atoms with Crippen molar-refractivity contribution in [2.45, 2.75) is 77.6 Å². The maximum atomic E-state index is 13.9. The molecule has 0 saturated heterocycles. The highest BCUT2D eigenvalue weighted by molar-refractivity contribution is 5.94. The molecule has 0 spiro atoms. The SMILES string of the molecule is COC(=O)CNC(=O)C(c1ccccc1O)N(C(=O)C(NC(=O)OC(C)(C)C)C(C)C)C1CCC1. The third-order valence-electron chi connectivity index (χ3n) is 5.72. The van der Waals surface area contributed by atoms with Crippen molar-refractivity contribution in [3.8, 4) is 5.75 Å². The van der Waals surface area contributed by atoms with Crippen molar-refractivity contribution in [1.29, 1.82) is 0 Å². The molecule has 0 heterocycles. The van der Waals surface area contributed by atoms with Crippen molar-refractivity contribution in [3.63, 3.8) is 0 Å². The van der Waals surface area contributed by atoms with Gasteiger partial charge < -0.3 is 30.1 Å². The fraction of sp³-hybridized carbons (Fsp3) is 0.600. The number of amides is 3. The zero-order valence-electron chi connectivity index (χ0n) is 21.3. The van der Waals surface area contributed by atoms with Crippen LogP contribution in [0, 0.1) is 5.92 Å². The number of rotatable bonds is 9. The van der Waals surface area contributed by atoms with E-state index in [1.54, 1.807) is 52.8 Å². The van der Waals surface area contributed by atoms with Gasteiger partial charge >= 0.3 is 12.1 Å². The third-order valence-corrected chi connectivity index (χ3v) is 5.72. The molecule has 0 aromatic heterocycles. The first kappa shape index (κ1) is 27.9. The highest BCUT2D eigenvalue weighted by atomic mass is 16.6. The highest BCUT2D eigenvalue weighted by Gasteiger charge is 2.43. The predicted octanol–water partition coefficient (Wildman–Crippen LogP) is 2.65. The molecule has 0 radical (unpaired) electrons. The number of nitrogens with zero attached hydrogens (tertiary/aromatic N) is 1. The van der Waals surface area contributed by atoms with Crippen molar-refractivity contribution < 1.29 is 33.8 Å². The molecule has 194 valence electrons. The van der Waals surface area contributed by atoms with Gasteiger partial charge in [-0.05, 0) is 52.0 Å². The van der Waals surface area contributed by atoms with Crippen LogP contribution in [0.2, 0.25) is 0 Å². The molecule has 1 aliphatic carbocycles. The number of aromatic hydroxyl groups is 1. The summed E-state index contributed by atoms with van der Waals surface area (Å²) in [6.07, 6.45) is 1.46. The number of carbonyl (C=O) groups excluding carboxylic acids is 4. The van der Waals surface area contributed by atoms with Crippen LogP contribution in [0.4, 0.5) is 4.79 Å². The zero-order valence-corrected chi connectivity index (χ0v) is 21.3. The summed E-state index contributed by atoms with van der Waals surface area (Å²) in [7, 11) is 1.20. The Morgan fingerprint density at radius 3 is 2.26 bits per heavy atom. The lowest BCUT2D eigenvalue weighted by Crippen LogP contribution is -2.59. The van der Waals surface area contributed by atoms with Crippen molar-refractivity contribution >= 4 is 23.9 Å². The number of phenols is 1. The van der Waals surface area contributed by atoms with E-state index in [1.807, 2.05) is 0 Å². The summed E-state index contributed by atoms with van der Waals surface area (Å²) in [5.74, 6) is -2.25. The molecule has 2 atom stereocenters. The lowest BCUT2D eigenvalue weighted by Gasteiger charge is -2.44. The van der Waals surface area contributed by atoms with E-state index in [0.29, 0.717) is 12.8 Å². The van der Waals surface area contributed by atoms with Crippen LogP contribution >= 0.6 is 0 Å². The van der Waals surface area contributed by atoms with Crippen molar-refractivity contribution in [1.82, 2.24) is 15.5 Å². The van der Waals surface area contributed by atoms with E-state index < -0.39 is 48.1 Å². The number of esters is 1. The average Bonchev–Trinajstić information content (AvgIpc) is 2.73. The largest absolute Gasteiger partial charge is 0.508 e. The van der Waals surface area contributed by atoms with E-state index >= 15 is 0 Å². The molecular formula is C25H37N3O7. The van der Waals surface area contributed by atoms with E-state index in [9.17, 15) is 24.3 Å². The molecular weight excluding hydrogens is 454 g/mol. The van der Waals surface area contributed by atoms with Gasteiger partial charge in [0.1, 0.15) is 30.0 Å². The van der Waals surface area contributed by atoms with Gasteiger partial charge in [-0.1, -0.05) is 32.0 Å². The van der Waals surface area contributed by atoms with E-state index in [0.717, 1.165) is 6.42 Å². The molecule has 10 heteroatoms. The number of hydrogen-bond acceptors (Lipinski definition) is 7. The molecule has 1 aromatic carbocycles. The minimum absolute atomic E-state index is 0.163. The number of methoxy groups -OCH3 is 1. The summed E-state index contributed by atoms with van der Waals surface area (Å²) in [4.78, 5) is 52.9. The number of benzene rings is 1. The molecule has 0 aliphatic heterocycles. The number of para-hydroxylation sites is 1. The van der Waals surface area contributed by atoms with E-state index in [-0.39, 0.29) is 23.3 Å². The lowest BCUT2D eigenvalue weighted by atomic mass is 9.87. The molecule has 2 rings (SSSR count). The molecule has 35 heavy (non-hydrogen) atoms. The quantitative estimate of drug-likeness (QED) is 0.452. The summed E-state index contributed by atoms with van der Waals surface area (Å²) < 4.78 is 9.95. The second-order valence-corrected chi connectivity index (χ2v) is 9.95. The summed E-state index contributed by atoms with van der Waals surface area (Å²) >= 11 is 0. The molecule has 1 aliphatic rings. The monoisotopic (exact) mass is 491 g/mol. The number of ether oxygens (including phenoxy) is 2. The lowest BCUT2D eigenvalue weighted by molar-refractivity contribution is -0.149. The minimum atomic E-state index is -1.22. The van der Waals surface area contributed by atoms with Crippen LogP contribution in [0.5, 0.6) is 5.75 Å². The molecule has 2 unspecified atom stereocenters. The summed E-state index contributed by atoms with van der Waals surface area (Å²) in [6, 6.07) is 3.77. The van der Waals surface area contributed by atoms with Gasteiger partial charge in [0.2, 0.25) is 11.8 Å². The van der Waals surface area contributed by atoms with E-state index in [2.05, 4.69) is 15.4 Å². The second kappa shape index (κ2) is 11.9. The summed E-state index contributed by atoms with van der Waals surface area (Å²) in [5, 5.41) is 15.7. The summed E-state index contributed by atoms with van der Waals surface area (Å²) in [6.45, 7) is 8.34. The fourth-order valence-electron chi connectivity index (χ4n) is 3.76. The van der Waals surface area contributed by atoms with Gasteiger partial charge in [-0.25, -0.2) is 4.79 Å². The van der Waals surface area contributed by atoms with Gasteiger partial charge in [-0.3, -0.25) is 14.4 Å². The standard InChI is InChI=1S/C25H37N3O7/c1-15(2)20(27-24(33)35-25(3,4)5)23(32)28(16-10-9-11-16)21(17-12-7-8-13-18(17)29)22(31)26-14-19(30)34-6/h7-8,12-13,15-16,20-21,29H,9-11,14H2,1-6H3,(H,26,31)(H,27,33). The number of phenolic OH excluding ortho intramolecular Hbond substituents is 1. The number of nitrogens with one attached hydrogen (secondary N) is 2. The maximum absolute atomic E-state index is 13.9. The summed E-state index contributed by atoms with van der Waals surface area (Å²) in [5.41, 5.74) is -0.538. The van der Waals surface area contributed by atoms with E-state index in [4.69, 9.17) is 4.74 Å². The predicted molar refractivity (Wildman–Crippen MR) is 128 cm³/mol. The molecule has 3 N–H and O–H groups in total. The Labute approximate surface area is 206 Å². The average molecular weight is 492 g/mol. The molecule has 0 bridgehead atoms. The Balaban J connectivity index is 2.47. The first-order chi connectivity index (χ1) is 16.4. The molecule has 1 aromatic rings. The van der Waals surface area contributed by atoms with Crippen LogP contribution in [-0.4, -0.2) is 65.2 Å². The van der Waals surface area contributed by atoms with Crippen LogP contribution in [0.25, 0.3) is 0 Å². The van der Waals surface area contributed by atoms with Crippen molar-refractivity contribution in [2.24, 2.45) is 5.92 Å². The van der Waals surface area contributed by atoms with Crippen molar-refractivity contribution in [2.75, 3.05) is 13.7 Å². The normalized spacial score (nSPS) is 15.4. The van der Waals surface area contributed by atoms with Gasteiger partial charge in [-0.2, -0.15) is 0 Å². The van der Waals surface area contributed by atoms with Gasteiger partial charge in [-0.15, -0.1) is 0 Å². The van der Waals surface area contributed by atoms with Crippen LogP contribution in [-0.2, 0) is 23.9 Å². The molecule has 1 fully saturated rings. The molecule has 10 nitrogen and oxygen atoms in total. The van der Waals surface area contributed by atoms with Crippen molar-refractivity contribution in [3.05, 3.63) is 29.8 Å². The van der Waals surface area contributed by atoms with Crippen LogP contribution < -0.4 is 10.6 Å². The molecule has 1 saturated carbocycles. The fourth-order valence-corrected chi connectivity index (χ4v) is 3.76. The zero-order chi connectivity index (χ0) is 26.3. The van der Waals surface area contributed by atoms with Crippen LogP contribution in [0.3, 0.4) is 0 Å². The Kier molecular flexibility index (Phi) is 9.50. The minimum Gasteiger partial charge on any atom is -0.508 e. The Bertz CT molecular complexity index is 922. The Morgan fingerprint density at radius 2 is 1.77 bits per heavy atom. The van der Waals surface area contributed by atoms with Gasteiger partial charge in [0.15, 0.2) is 0 Å². The first-order valence-corrected chi connectivity index (χ1v) is 11.8. The second-order valence-electron chi connectivity index (χ2n) is 9.95. The van der Waals surface area contributed by atoms with Gasteiger partial charge in [0.25, 0.3) is 0 Å². The van der Waals surface area contributed by atoms with E-state index in [1.165, 1.54) is 18.1 Å².